The van der Waals surface area contributed by atoms with E-state index in [9.17, 15) is 14.9 Å². The van der Waals surface area contributed by atoms with Crippen LogP contribution in [-0.2, 0) is 11.3 Å². The third-order valence-corrected chi connectivity index (χ3v) is 4.40. The van der Waals surface area contributed by atoms with Gasteiger partial charge in [-0.25, -0.2) is 4.79 Å². The van der Waals surface area contributed by atoms with Crippen molar-refractivity contribution >= 4 is 23.0 Å². The number of carbonyl (C=O) groups excluding carboxylic acids is 1. The molecule has 0 saturated carbocycles. The molecule has 28 heavy (non-hydrogen) atoms. The summed E-state index contributed by atoms with van der Waals surface area (Å²) in [5, 5.41) is 11.7. The summed E-state index contributed by atoms with van der Waals surface area (Å²) in [5.74, 6) is -0.497. The van der Waals surface area contributed by atoms with Gasteiger partial charge in [-0.15, -0.1) is 0 Å². The lowest BCUT2D eigenvalue weighted by Gasteiger charge is -2.26. The Balaban J connectivity index is 2.21. The van der Waals surface area contributed by atoms with Crippen LogP contribution in [0.2, 0.25) is 0 Å². The largest absolute Gasteiger partial charge is 0.465 e. The molecule has 3 rings (SSSR count). The van der Waals surface area contributed by atoms with E-state index in [1.807, 2.05) is 36.4 Å². The van der Waals surface area contributed by atoms with E-state index in [0.717, 1.165) is 11.1 Å². The predicted octanol–water partition coefficient (Wildman–Crippen LogP) is 5.03. The molecular formula is C22H20N2O4. The molecule has 3 aromatic carbocycles. The van der Waals surface area contributed by atoms with E-state index in [1.54, 1.807) is 42.2 Å². The van der Waals surface area contributed by atoms with Crippen molar-refractivity contribution < 1.29 is 14.5 Å². The molecule has 0 N–H and O–H groups in total. The van der Waals surface area contributed by atoms with Gasteiger partial charge in [-0.05, 0) is 36.2 Å². The number of benzene rings is 3. The molecule has 6 nitrogen and oxygen atoms in total. The second-order valence-corrected chi connectivity index (χ2v) is 6.33. The van der Waals surface area contributed by atoms with Crippen LogP contribution in [0.1, 0.15) is 21.5 Å². The summed E-state index contributed by atoms with van der Waals surface area (Å²) >= 11 is 0. The van der Waals surface area contributed by atoms with Crippen molar-refractivity contribution in [1.29, 1.82) is 0 Å². The van der Waals surface area contributed by atoms with Crippen LogP contribution in [0.4, 0.5) is 17.1 Å². The summed E-state index contributed by atoms with van der Waals surface area (Å²) in [4.78, 5) is 25.4. The Morgan fingerprint density at radius 1 is 1.00 bits per heavy atom. The Hall–Kier alpha value is -3.67. The monoisotopic (exact) mass is 376 g/mol. The Kier molecular flexibility index (Phi) is 5.69. The number of ether oxygens (including phenoxy) is 1. The van der Waals surface area contributed by atoms with Crippen LogP contribution in [0.5, 0.6) is 0 Å². The van der Waals surface area contributed by atoms with E-state index in [-0.39, 0.29) is 5.69 Å². The van der Waals surface area contributed by atoms with Gasteiger partial charge in [0, 0.05) is 12.6 Å². The van der Waals surface area contributed by atoms with E-state index in [2.05, 4.69) is 0 Å². The zero-order valence-corrected chi connectivity index (χ0v) is 15.7. The van der Waals surface area contributed by atoms with Gasteiger partial charge in [0.05, 0.1) is 23.3 Å². The Morgan fingerprint density at radius 3 is 2.36 bits per heavy atom. The van der Waals surface area contributed by atoms with Gasteiger partial charge >= 0.3 is 5.97 Å². The minimum atomic E-state index is -0.497. The lowest BCUT2D eigenvalue weighted by atomic mass is 10.1. The highest BCUT2D eigenvalue weighted by Crippen LogP contribution is 2.37. The molecule has 0 amide bonds. The summed E-state index contributed by atoms with van der Waals surface area (Å²) < 4.78 is 4.91. The van der Waals surface area contributed by atoms with Crippen molar-refractivity contribution in [3.8, 4) is 0 Å². The van der Waals surface area contributed by atoms with Crippen LogP contribution < -0.4 is 4.90 Å². The Labute approximate surface area is 163 Å². The lowest BCUT2D eigenvalue weighted by Crippen LogP contribution is -2.21. The van der Waals surface area contributed by atoms with Crippen LogP contribution in [0.3, 0.4) is 0 Å². The van der Waals surface area contributed by atoms with Crippen LogP contribution in [0.25, 0.3) is 0 Å². The average Bonchev–Trinajstić information content (AvgIpc) is 2.72. The molecular weight excluding hydrogens is 356 g/mol. The first-order valence-electron chi connectivity index (χ1n) is 8.75. The number of esters is 1. The summed E-state index contributed by atoms with van der Waals surface area (Å²) in [6.07, 6.45) is 0. The fraction of sp³-hybridized carbons (Fsp3) is 0.136. The van der Waals surface area contributed by atoms with Gasteiger partial charge in [-0.1, -0.05) is 48.5 Å². The van der Waals surface area contributed by atoms with Crippen LogP contribution in [-0.4, -0.2) is 18.0 Å². The highest BCUT2D eigenvalue weighted by molar-refractivity contribution is 5.97. The Morgan fingerprint density at radius 2 is 1.68 bits per heavy atom. The molecule has 6 heteroatoms. The standard InChI is InChI=1S/C22H20N2O4/c1-16-12-13-20(21(14-16)24(26)27)23(15-17-8-4-3-5-9-17)19-11-7-6-10-18(19)22(25)28-2/h3-14H,15H2,1-2H3. The molecule has 0 aromatic heterocycles. The molecule has 0 radical (unpaired) electrons. The highest BCUT2D eigenvalue weighted by atomic mass is 16.6. The van der Waals surface area contributed by atoms with Gasteiger partial charge in [0.1, 0.15) is 5.69 Å². The number of aryl methyl sites for hydroxylation is 1. The Bertz CT molecular complexity index is 1000. The second-order valence-electron chi connectivity index (χ2n) is 6.33. The number of para-hydroxylation sites is 1. The van der Waals surface area contributed by atoms with Crippen molar-refractivity contribution in [3.63, 3.8) is 0 Å². The molecule has 0 aliphatic heterocycles. The number of nitro benzene ring substituents is 1. The van der Waals surface area contributed by atoms with E-state index in [4.69, 9.17) is 4.74 Å². The van der Waals surface area contributed by atoms with Gasteiger partial charge in [0.25, 0.3) is 5.69 Å². The first-order chi connectivity index (χ1) is 13.5. The lowest BCUT2D eigenvalue weighted by molar-refractivity contribution is -0.384. The minimum absolute atomic E-state index is 0.0180. The zero-order valence-electron chi connectivity index (χ0n) is 15.7. The molecule has 0 aliphatic carbocycles. The quantitative estimate of drug-likeness (QED) is 0.343. The molecule has 0 heterocycles. The number of nitro groups is 1. The molecule has 142 valence electrons. The molecule has 0 atom stereocenters. The molecule has 0 fully saturated rings. The van der Waals surface area contributed by atoms with Crippen molar-refractivity contribution in [2.75, 3.05) is 12.0 Å². The first-order valence-corrected chi connectivity index (χ1v) is 8.75. The third kappa shape index (κ3) is 4.01. The van der Waals surface area contributed by atoms with E-state index in [1.165, 1.54) is 13.2 Å². The first kappa shape index (κ1) is 19.1. The molecule has 3 aromatic rings. The van der Waals surface area contributed by atoms with Gasteiger partial charge in [0.15, 0.2) is 0 Å². The number of carbonyl (C=O) groups is 1. The van der Waals surface area contributed by atoms with Crippen molar-refractivity contribution in [3.05, 3.63) is 99.6 Å². The van der Waals surface area contributed by atoms with E-state index < -0.39 is 10.9 Å². The molecule has 0 spiro atoms. The molecule has 0 unspecified atom stereocenters. The topological polar surface area (TPSA) is 72.7 Å². The number of methoxy groups -OCH3 is 1. The maximum absolute atomic E-state index is 12.3. The number of hydrogen-bond acceptors (Lipinski definition) is 5. The smallest absolute Gasteiger partial charge is 0.339 e. The average molecular weight is 376 g/mol. The molecule has 0 bridgehead atoms. The second kappa shape index (κ2) is 8.35. The van der Waals surface area contributed by atoms with Crippen LogP contribution >= 0.6 is 0 Å². The SMILES string of the molecule is COC(=O)c1ccccc1N(Cc1ccccc1)c1ccc(C)cc1[N+](=O)[O-]. The number of hydrogen-bond donors (Lipinski definition) is 0. The maximum Gasteiger partial charge on any atom is 0.339 e. The van der Waals surface area contributed by atoms with E-state index >= 15 is 0 Å². The fourth-order valence-corrected chi connectivity index (χ4v) is 3.07. The maximum atomic E-state index is 12.3. The molecule has 0 aliphatic rings. The number of anilines is 2. The van der Waals surface area contributed by atoms with Crippen molar-refractivity contribution in [2.45, 2.75) is 13.5 Å². The summed E-state index contributed by atoms with van der Waals surface area (Å²) in [5.41, 5.74) is 3.03. The summed E-state index contributed by atoms with van der Waals surface area (Å²) in [7, 11) is 1.31. The van der Waals surface area contributed by atoms with Gasteiger partial charge in [-0.2, -0.15) is 0 Å². The predicted molar refractivity (Wildman–Crippen MR) is 108 cm³/mol. The van der Waals surface area contributed by atoms with Gasteiger partial charge in [0.2, 0.25) is 0 Å². The number of nitrogens with zero attached hydrogens (tertiary/aromatic N) is 2. The summed E-state index contributed by atoms with van der Waals surface area (Å²) in [6.45, 7) is 2.17. The highest BCUT2D eigenvalue weighted by Gasteiger charge is 2.25. The van der Waals surface area contributed by atoms with Gasteiger partial charge in [-0.3, -0.25) is 10.1 Å². The zero-order chi connectivity index (χ0) is 20.1. The van der Waals surface area contributed by atoms with Crippen molar-refractivity contribution in [2.24, 2.45) is 0 Å². The minimum Gasteiger partial charge on any atom is -0.465 e. The van der Waals surface area contributed by atoms with E-state index in [0.29, 0.717) is 23.5 Å². The summed E-state index contributed by atoms with van der Waals surface area (Å²) in [6, 6.07) is 21.6. The normalized spacial score (nSPS) is 10.4. The fourth-order valence-electron chi connectivity index (χ4n) is 3.07. The third-order valence-electron chi connectivity index (χ3n) is 4.40. The van der Waals surface area contributed by atoms with Crippen molar-refractivity contribution in [1.82, 2.24) is 0 Å². The number of rotatable bonds is 6. The molecule has 0 saturated heterocycles. The van der Waals surface area contributed by atoms with Gasteiger partial charge < -0.3 is 9.64 Å². The van der Waals surface area contributed by atoms with Crippen LogP contribution in [0.15, 0.2) is 72.8 Å². The van der Waals surface area contributed by atoms with Crippen LogP contribution in [0, 0.1) is 17.0 Å².